The smallest absolute Gasteiger partial charge is 0.0608 e. The fourth-order valence-corrected chi connectivity index (χ4v) is 2.38. The van der Waals surface area contributed by atoms with E-state index in [2.05, 4.69) is 26.0 Å². The Labute approximate surface area is 81.9 Å². The number of hydrogen-bond donors (Lipinski definition) is 1. The van der Waals surface area contributed by atoms with Crippen LogP contribution in [0.5, 0.6) is 0 Å². The summed E-state index contributed by atoms with van der Waals surface area (Å²) in [6.07, 6.45) is 10.1. The van der Waals surface area contributed by atoms with Crippen LogP contribution in [0.2, 0.25) is 0 Å². The molecule has 3 atom stereocenters. The van der Waals surface area contributed by atoms with E-state index < -0.39 is 0 Å². The molecule has 0 amide bonds. The molecule has 0 heterocycles. The van der Waals surface area contributed by atoms with Crippen LogP contribution in [0, 0.1) is 11.8 Å². The van der Waals surface area contributed by atoms with Gasteiger partial charge in [-0.15, -0.1) is 0 Å². The minimum atomic E-state index is -0.0819. The van der Waals surface area contributed by atoms with E-state index in [1.165, 1.54) is 25.7 Å². The second kappa shape index (κ2) is 5.43. The maximum Gasteiger partial charge on any atom is 0.0608 e. The predicted molar refractivity (Wildman–Crippen MR) is 56.6 cm³/mol. The lowest BCUT2D eigenvalue weighted by molar-refractivity contribution is 0.0706. The van der Waals surface area contributed by atoms with Gasteiger partial charge in [-0.2, -0.15) is 0 Å². The SMILES string of the molecule is CCCC1C=CCC(O)C1CCC. The summed E-state index contributed by atoms with van der Waals surface area (Å²) in [5, 5.41) is 9.85. The molecule has 0 aromatic rings. The summed E-state index contributed by atoms with van der Waals surface area (Å²) in [6.45, 7) is 4.42. The van der Waals surface area contributed by atoms with Crippen molar-refractivity contribution in [3.63, 3.8) is 0 Å². The molecule has 0 saturated carbocycles. The standard InChI is InChI=1S/C12H22O/c1-3-6-10-8-5-9-12(13)11(10)7-4-2/h5,8,10-13H,3-4,6-7,9H2,1-2H3. The summed E-state index contributed by atoms with van der Waals surface area (Å²) in [6, 6.07) is 0. The van der Waals surface area contributed by atoms with Crippen LogP contribution < -0.4 is 0 Å². The van der Waals surface area contributed by atoms with E-state index in [0.717, 1.165) is 6.42 Å². The molecule has 0 aliphatic heterocycles. The van der Waals surface area contributed by atoms with E-state index in [1.807, 2.05) is 0 Å². The zero-order valence-electron chi connectivity index (χ0n) is 8.87. The number of allylic oxidation sites excluding steroid dienone is 1. The molecule has 0 bridgehead atoms. The lowest BCUT2D eigenvalue weighted by Gasteiger charge is -2.31. The zero-order chi connectivity index (χ0) is 9.68. The van der Waals surface area contributed by atoms with Gasteiger partial charge < -0.3 is 5.11 Å². The van der Waals surface area contributed by atoms with E-state index in [0.29, 0.717) is 11.8 Å². The summed E-state index contributed by atoms with van der Waals surface area (Å²) in [4.78, 5) is 0. The highest BCUT2D eigenvalue weighted by Gasteiger charge is 2.27. The van der Waals surface area contributed by atoms with Crippen molar-refractivity contribution in [3.8, 4) is 0 Å². The third-order valence-electron chi connectivity index (χ3n) is 3.05. The van der Waals surface area contributed by atoms with Crippen LogP contribution in [-0.4, -0.2) is 11.2 Å². The normalized spacial score (nSPS) is 33.6. The Morgan fingerprint density at radius 2 is 1.92 bits per heavy atom. The zero-order valence-corrected chi connectivity index (χ0v) is 8.87. The van der Waals surface area contributed by atoms with Crippen molar-refractivity contribution >= 4 is 0 Å². The Hall–Kier alpha value is -0.300. The van der Waals surface area contributed by atoms with Crippen LogP contribution >= 0.6 is 0 Å². The fourth-order valence-electron chi connectivity index (χ4n) is 2.38. The lowest BCUT2D eigenvalue weighted by Crippen LogP contribution is -2.29. The van der Waals surface area contributed by atoms with Crippen molar-refractivity contribution in [3.05, 3.63) is 12.2 Å². The van der Waals surface area contributed by atoms with Crippen LogP contribution in [-0.2, 0) is 0 Å². The lowest BCUT2D eigenvalue weighted by atomic mass is 9.77. The molecule has 1 rings (SSSR count). The quantitative estimate of drug-likeness (QED) is 0.662. The molecule has 3 unspecified atom stereocenters. The molecule has 0 aromatic heterocycles. The van der Waals surface area contributed by atoms with Crippen molar-refractivity contribution in [2.75, 3.05) is 0 Å². The Morgan fingerprint density at radius 3 is 2.54 bits per heavy atom. The monoisotopic (exact) mass is 182 g/mol. The van der Waals surface area contributed by atoms with Crippen molar-refractivity contribution < 1.29 is 5.11 Å². The van der Waals surface area contributed by atoms with Crippen molar-refractivity contribution in [1.29, 1.82) is 0 Å². The van der Waals surface area contributed by atoms with Gasteiger partial charge in [0.2, 0.25) is 0 Å². The van der Waals surface area contributed by atoms with E-state index in [-0.39, 0.29) is 6.10 Å². The molecular weight excluding hydrogens is 160 g/mol. The Bertz CT molecular complexity index is 163. The largest absolute Gasteiger partial charge is 0.392 e. The molecule has 76 valence electrons. The van der Waals surface area contributed by atoms with Crippen LogP contribution in [0.25, 0.3) is 0 Å². The predicted octanol–water partition coefficient (Wildman–Crippen LogP) is 3.14. The topological polar surface area (TPSA) is 20.2 Å². The summed E-state index contributed by atoms with van der Waals surface area (Å²) in [5.74, 6) is 1.16. The Balaban J connectivity index is 2.55. The third kappa shape index (κ3) is 2.84. The molecule has 1 N–H and O–H groups in total. The highest BCUT2D eigenvalue weighted by atomic mass is 16.3. The minimum Gasteiger partial charge on any atom is -0.392 e. The molecule has 0 saturated heterocycles. The molecular formula is C12H22O. The van der Waals surface area contributed by atoms with E-state index in [9.17, 15) is 5.11 Å². The van der Waals surface area contributed by atoms with E-state index >= 15 is 0 Å². The first-order valence-electron chi connectivity index (χ1n) is 5.64. The van der Waals surface area contributed by atoms with Crippen LogP contribution in [0.4, 0.5) is 0 Å². The van der Waals surface area contributed by atoms with Gasteiger partial charge in [0.15, 0.2) is 0 Å². The van der Waals surface area contributed by atoms with Crippen molar-refractivity contribution in [1.82, 2.24) is 0 Å². The second-order valence-electron chi connectivity index (χ2n) is 4.14. The highest BCUT2D eigenvalue weighted by molar-refractivity contribution is 5.00. The van der Waals surface area contributed by atoms with Gasteiger partial charge >= 0.3 is 0 Å². The van der Waals surface area contributed by atoms with E-state index in [4.69, 9.17) is 0 Å². The molecule has 0 aromatic carbocycles. The van der Waals surface area contributed by atoms with Gasteiger partial charge in [0.05, 0.1) is 6.10 Å². The number of aliphatic hydroxyl groups is 1. The van der Waals surface area contributed by atoms with Crippen LogP contribution in [0.15, 0.2) is 12.2 Å². The van der Waals surface area contributed by atoms with Crippen LogP contribution in [0.1, 0.15) is 46.0 Å². The van der Waals surface area contributed by atoms with Gasteiger partial charge in [-0.3, -0.25) is 0 Å². The van der Waals surface area contributed by atoms with Gasteiger partial charge in [-0.25, -0.2) is 0 Å². The van der Waals surface area contributed by atoms with Gasteiger partial charge in [0.1, 0.15) is 0 Å². The minimum absolute atomic E-state index is 0.0819. The summed E-state index contributed by atoms with van der Waals surface area (Å²) < 4.78 is 0. The molecule has 13 heavy (non-hydrogen) atoms. The third-order valence-corrected chi connectivity index (χ3v) is 3.05. The number of aliphatic hydroxyl groups excluding tert-OH is 1. The Morgan fingerprint density at radius 1 is 1.23 bits per heavy atom. The highest BCUT2D eigenvalue weighted by Crippen LogP contribution is 2.31. The molecule has 1 aliphatic carbocycles. The van der Waals surface area contributed by atoms with Gasteiger partial charge in [-0.1, -0.05) is 38.8 Å². The molecule has 1 aliphatic rings. The van der Waals surface area contributed by atoms with Gasteiger partial charge in [0, 0.05) is 0 Å². The average Bonchev–Trinajstić information content (AvgIpc) is 2.11. The molecule has 1 nitrogen and oxygen atoms in total. The van der Waals surface area contributed by atoms with Crippen molar-refractivity contribution in [2.45, 2.75) is 52.1 Å². The van der Waals surface area contributed by atoms with E-state index in [1.54, 1.807) is 0 Å². The first kappa shape index (κ1) is 10.8. The summed E-state index contributed by atoms with van der Waals surface area (Å²) in [7, 11) is 0. The van der Waals surface area contributed by atoms with Crippen molar-refractivity contribution in [2.24, 2.45) is 11.8 Å². The molecule has 1 heteroatoms. The molecule has 0 fully saturated rings. The number of hydrogen-bond acceptors (Lipinski definition) is 1. The maximum atomic E-state index is 9.85. The fraction of sp³-hybridized carbons (Fsp3) is 0.833. The van der Waals surface area contributed by atoms with Gasteiger partial charge in [-0.05, 0) is 31.1 Å². The molecule has 0 radical (unpaired) electrons. The van der Waals surface area contributed by atoms with Crippen LogP contribution in [0.3, 0.4) is 0 Å². The van der Waals surface area contributed by atoms with Gasteiger partial charge in [0.25, 0.3) is 0 Å². The molecule has 0 spiro atoms. The summed E-state index contributed by atoms with van der Waals surface area (Å²) in [5.41, 5.74) is 0. The maximum absolute atomic E-state index is 9.85. The Kier molecular flexibility index (Phi) is 4.51. The first-order chi connectivity index (χ1) is 6.29. The first-order valence-corrected chi connectivity index (χ1v) is 5.64. The number of rotatable bonds is 4. The summed E-state index contributed by atoms with van der Waals surface area (Å²) >= 11 is 0. The average molecular weight is 182 g/mol. The second-order valence-corrected chi connectivity index (χ2v) is 4.14.